The highest BCUT2D eigenvalue weighted by Gasteiger charge is 2.23. The Balaban J connectivity index is 1.84. The van der Waals surface area contributed by atoms with E-state index in [1.807, 2.05) is 6.07 Å². The molecule has 6 heteroatoms. The summed E-state index contributed by atoms with van der Waals surface area (Å²) in [6, 6.07) is 6.06. The molecule has 132 valence electrons. The largest absolute Gasteiger partial charge is 0.497 e. The van der Waals surface area contributed by atoms with Crippen LogP contribution in [-0.2, 0) is 20.7 Å². The molecule has 0 fully saturated rings. The van der Waals surface area contributed by atoms with Gasteiger partial charge in [0.1, 0.15) is 5.75 Å². The van der Waals surface area contributed by atoms with E-state index in [1.165, 1.54) is 11.1 Å². The molecule has 0 aliphatic heterocycles. The molecule has 0 saturated heterocycles. The monoisotopic (exact) mass is 334 g/mol. The van der Waals surface area contributed by atoms with Gasteiger partial charge in [-0.3, -0.25) is 9.59 Å². The zero-order chi connectivity index (χ0) is 17.4. The summed E-state index contributed by atoms with van der Waals surface area (Å²) in [6.07, 6.45) is 3.49. The fourth-order valence-corrected chi connectivity index (χ4v) is 3.06. The first kappa shape index (κ1) is 18.3. The highest BCUT2D eigenvalue weighted by molar-refractivity contribution is 5.85. The van der Waals surface area contributed by atoms with E-state index in [0.717, 1.165) is 25.0 Å². The molecule has 1 aromatic rings. The van der Waals surface area contributed by atoms with Gasteiger partial charge in [0.15, 0.2) is 0 Å². The number of hydrogen-bond acceptors (Lipinski definition) is 4. The van der Waals surface area contributed by atoms with Crippen LogP contribution < -0.4 is 15.4 Å². The Morgan fingerprint density at radius 3 is 2.79 bits per heavy atom. The summed E-state index contributed by atoms with van der Waals surface area (Å²) in [5.74, 6) is 0.766. The second-order valence-electron chi connectivity index (χ2n) is 5.98. The van der Waals surface area contributed by atoms with Crippen molar-refractivity contribution in [3.05, 3.63) is 29.3 Å². The first-order valence-corrected chi connectivity index (χ1v) is 8.33. The molecule has 1 aliphatic carbocycles. The van der Waals surface area contributed by atoms with Crippen LogP contribution in [0.25, 0.3) is 0 Å². The quantitative estimate of drug-likeness (QED) is 0.704. The molecular formula is C18H26N2O4. The average molecular weight is 334 g/mol. The summed E-state index contributed by atoms with van der Waals surface area (Å²) >= 11 is 0. The highest BCUT2D eigenvalue weighted by atomic mass is 16.5. The molecule has 0 bridgehead atoms. The van der Waals surface area contributed by atoms with Crippen molar-refractivity contribution in [2.24, 2.45) is 0 Å². The van der Waals surface area contributed by atoms with Crippen LogP contribution in [0.3, 0.4) is 0 Å². The molecule has 2 N–H and O–H groups in total. The van der Waals surface area contributed by atoms with Crippen LogP contribution >= 0.6 is 0 Å². The van der Waals surface area contributed by atoms with Gasteiger partial charge in [0.2, 0.25) is 11.8 Å². The smallest absolute Gasteiger partial charge is 0.239 e. The summed E-state index contributed by atoms with van der Waals surface area (Å²) in [7, 11) is 3.23. The van der Waals surface area contributed by atoms with E-state index >= 15 is 0 Å². The van der Waals surface area contributed by atoms with E-state index in [9.17, 15) is 9.59 Å². The molecule has 0 aromatic heterocycles. The predicted octanol–water partition coefficient (Wildman–Crippen LogP) is 1.38. The van der Waals surface area contributed by atoms with Crippen LogP contribution in [0.5, 0.6) is 5.75 Å². The Hall–Kier alpha value is -2.08. The van der Waals surface area contributed by atoms with Crippen LogP contribution in [0.15, 0.2) is 18.2 Å². The molecule has 0 radical (unpaired) electrons. The second-order valence-corrected chi connectivity index (χ2v) is 5.98. The number of carbonyl (C=O) groups is 2. The topological polar surface area (TPSA) is 76.7 Å². The average Bonchev–Trinajstić information content (AvgIpc) is 2.60. The normalized spacial score (nSPS) is 16.2. The lowest BCUT2D eigenvalue weighted by atomic mass is 9.81. The fourth-order valence-electron chi connectivity index (χ4n) is 3.06. The number of methoxy groups -OCH3 is 2. The molecule has 6 nitrogen and oxygen atoms in total. The molecule has 1 aromatic carbocycles. The van der Waals surface area contributed by atoms with Crippen LogP contribution in [0.2, 0.25) is 0 Å². The van der Waals surface area contributed by atoms with Crippen molar-refractivity contribution in [2.75, 3.05) is 33.9 Å². The molecule has 0 heterocycles. The lowest BCUT2D eigenvalue weighted by molar-refractivity contribution is -0.126. The van der Waals surface area contributed by atoms with Crippen molar-refractivity contribution in [1.29, 1.82) is 0 Å². The van der Waals surface area contributed by atoms with Crippen LogP contribution in [0, 0.1) is 0 Å². The zero-order valence-corrected chi connectivity index (χ0v) is 14.4. The Kier molecular flexibility index (Phi) is 7.06. The van der Waals surface area contributed by atoms with Gasteiger partial charge in [0.25, 0.3) is 0 Å². The summed E-state index contributed by atoms with van der Waals surface area (Å²) in [4.78, 5) is 23.7. The SMILES string of the molecule is COCCNC(=O)CNC(=O)C[C@@H]1CCCc2cc(OC)ccc21. The first-order valence-electron chi connectivity index (χ1n) is 8.33. The minimum atomic E-state index is -0.200. The Morgan fingerprint density at radius 1 is 1.21 bits per heavy atom. The third-order valence-electron chi connectivity index (χ3n) is 4.29. The summed E-state index contributed by atoms with van der Waals surface area (Å²) in [5, 5.41) is 5.37. The number of nitrogens with one attached hydrogen (secondary N) is 2. The Morgan fingerprint density at radius 2 is 2.04 bits per heavy atom. The molecule has 0 saturated carbocycles. The van der Waals surface area contributed by atoms with Gasteiger partial charge in [0.05, 0.1) is 20.3 Å². The molecule has 0 spiro atoms. The van der Waals surface area contributed by atoms with Gasteiger partial charge < -0.3 is 20.1 Å². The minimum absolute atomic E-state index is 0.00470. The van der Waals surface area contributed by atoms with Gasteiger partial charge in [-0.15, -0.1) is 0 Å². The van der Waals surface area contributed by atoms with Crippen molar-refractivity contribution in [3.63, 3.8) is 0 Å². The summed E-state index contributed by atoms with van der Waals surface area (Å²) in [5.41, 5.74) is 2.48. The van der Waals surface area contributed by atoms with E-state index in [2.05, 4.69) is 22.8 Å². The minimum Gasteiger partial charge on any atom is -0.497 e. The van der Waals surface area contributed by atoms with Crippen LogP contribution in [0.1, 0.15) is 36.3 Å². The van der Waals surface area contributed by atoms with Crippen molar-refractivity contribution < 1.29 is 19.1 Å². The van der Waals surface area contributed by atoms with E-state index in [4.69, 9.17) is 9.47 Å². The third kappa shape index (κ3) is 5.23. The Labute approximate surface area is 142 Å². The number of carbonyl (C=O) groups excluding carboxylic acids is 2. The summed E-state index contributed by atoms with van der Waals surface area (Å²) in [6.45, 7) is 0.912. The molecule has 2 amide bonds. The third-order valence-corrected chi connectivity index (χ3v) is 4.29. The van der Waals surface area contributed by atoms with Crippen LogP contribution in [-0.4, -0.2) is 45.7 Å². The zero-order valence-electron chi connectivity index (χ0n) is 14.4. The van der Waals surface area contributed by atoms with Crippen molar-refractivity contribution in [1.82, 2.24) is 10.6 Å². The Bertz CT molecular complexity index is 574. The van der Waals surface area contributed by atoms with Crippen molar-refractivity contribution in [3.8, 4) is 5.75 Å². The molecule has 1 aliphatic rings. The van der Waals surface area contributed by atoms with Gasteiger partial charge in [-0.05, 0) is 48.4 Å². The lowest BCUT2D eigenvalue weighted by Crippen LogP contribution is -2.38. The second kappa shape index (κ2) is 9.27. The standard InChI is InChI=1S/C18H26N2O4/c1-23-9-8-19-18(22)12-20-17(21)11-14-5-3-4-13-10-15(24-2)6-7-16(13)14/h6-7,10,14H,3-5,8-9,11-12H2,1-2H3,(H,19,22)(H,20,21)/t14-/m0/s1. The molecule has 2 rings (SSSR count). The number of hydrogen-bond donors (Lipinski definition) is 2. The number of aryl methyl sites for hydroxylation is 1. The molecule has 24 heavy (non-hydrogen) atoms. The number of benzene rings is 1. The number of rotatable bonds is 8. The fraction of sp³-hybridized carbons (Fsp3) is 0.556. The van der Waals surface area contributed by atoms with Gasteiger partial charge in [0, 0.05) is 20.1 Å². The van der Waals surface area contributed by atoms with Gasteiger partial charge >= 0.3 is 0 Å². The highest BCUT2D eigenvalue weighted by Crippen LogP contribution is 2.35. The van der Waals surface area contributed by atoms with Gasteiger partial charge in [-0.1, -0.05) is 6.07 Å². The van der Waals surface area contributed by atoms with Crippen molar-refractivity contribution in [2.45, 2.75) is 31.6 Å². The van der Waals surface area contributed by atoms with E-state index in [0.29, 0.717) is 19.6 Å². The number of fused-ring (bicyclic) bond motifs is 1. The van der Waals surface area contributed by atoms with E-state index < -0.39 is 0 Å². The molecular weight excluding hydrogens is 308 g/mol. The van der Waals surface area contributed by atoms with E-state index in [1.54, 1.807) is 14.2 Å². The molecule has 0 unspecified atom stereocenters. The lowest BCUT2D eigenvalue weighted by Gasteiger charge is -2.25. The molecule has 1 atom stereocenters. The van der Waals surface area contributed by atoms with Crippen molar-refractivity contribution >= 4 is 11.8 Å². The van der Waals surface area contributed by atoms with Crippen LogP contribution in [0.4, 0.5) is 0 Å². The summed E-state index contributed by atoms with van der Waals surface area (Å²) < 4.78 is 10.1. The number of amides is 2. The first-order chi connectivity index (χ1) is 11.6. The number of ether oxygens (including phenoxy) is 2. The maximum absolute atomic E-state index is 12.1. The maximum atomic E-state index is 12.1. The van der Waals surface area contributed by atoms with E-state index in [-0.39, 0.29) is 24.3 Å². The van der Waals surface area contributed by atoms with Gasteiger partial charge in [-0.25, -0.2) is 0 Å². The van der Waals surface area contributed by atoms with Gasteiger partial charge in [-0.2, -0.15) is 0 Å². The predicted molar refractivity (Wildman–Crippen MR) is 91.2 cm³/mol. The maximum Gasteiger partial charge on any atom is 0.239 e.